The molecular weight excluding hydrogens is 242 g/mol. The maximum atomic E-state index is 6.14. The van der Waals surface area contributed by atoms with Gasteiger partial charge in [0.05, 0.1) is 31.6 Å². The lowest BCUT2D eigenvalue weighted by Gasteiger charge is -2.23. The molecule has 1 atom stereocenters. The van der Waals surface area contributed by atoms with Crippen LogP contribution < -0.4 is 5.32 Å². The van der Waals surface area contributed by atoms with Crippen molar-refractivity contribution in [3.05, 3.63) is 16.4 Å². The van der Waals surface area contributed by atoms with Crippen LogP contribution in [0.15, 0.2) is 0 Å². The first-order chi connectivity index (χ1) is 8.18. The largest absolute Gasteiger partial charge is 0.376 e. The Hall–Kier alpha value is -0.620. The van der Waals surface area contributed by atoms with E-state index in [1.807, 2.05) is 14.0 Å². The van der Waals surface area contributed by atoms with Gasteiger partial charge in [-0.25, -0.2) is 0 Å². The summed E-state index contributed by atoms with van der Waals surface area (Å²) in [4.78, 5) is 0. The van der Waals surface area contributed by atoms with Crippen molar-refractivity contribution in [3.8, 4) is 0 Å². The van der Waals surface area contributed by atoms with E-state index in [-0.39, 0.29) is 6.10 Å². The number of hydrogen-bond donors (Lipinski definition) is 1. The maximum absolute atomic E-state index is 6.14. The summed E-state index contributed by atoms with van der Waals surface area (Å²) >= 11 is 6.14. The van der Waals surface area contributed by atoms with Crippen LogP contribution in [0.25, 0.3) is 0 Å². The van der Waals surface area contributed by atoms with Gasteiger partial charge in [0.25, 0.3) is 0 Å². The lowest BCUT2D eigenvalue weighted by molar-refractivity contribution is -0.0864. The molecule has 1 aliphatic rings. The van der Waals surface area contributed by atoms with E-state index in [1.54, 1.807) is 4.68 Å². The standard InChI is InChI=1S/C11H18ClN3O2/c1-8-10(11(12)15(2)14-8)6-13-5-9-7-16-3-4-17-9/h9,13H,3-7H2,1-2H3. The van der Waals surface area contributed by atoms with Gasteiger partial charge in [-0.3, -0.25) is 4.68 Å². The van der Waals surface area contributed by atoms with Crippen LogP contribution in [0.5, 0.6) is 0 Å². The van der Waals surface area contributed by atoms with Gasteiger partial charge in [0.15, 0.2) is 0 Å². The van der Waals surface area contributed by atoms with Gasteiger partial charge in [-0.1, -0.05) is 11.6 Å². The van der Waals surface area contributed by atoms with Crippen molar-refractivity contribution < 1.29 is 9.47 Å². The highest BCUT2D eigenvalue weighted by Gasteiger charge is 2.15. The molecule has 96 valence electrons. The summed E-state index contributed by atoms with van der Waals surface area (Å²) in [6.07, 6.45) is 0.138. The Morgan fingerprint density at radius 2 is 2.35 bits per heavy atom. The minimum Gasteiger partial charge on any atom is -0.376 e. The summed E-state index contributed by atoms with van der Waals surface area (Å²) in [6, 6.07) is 0. The van der Waals surface area contributed by atoms with Crippen LogP contribution in [-0.2, 0) is 23.1 Å². The van der Waals surface area contributed by atoms with Crippen LogP contribution in [0.3, 0.4) is 0 Å². The molecule has 2 rings (SSSR count). The zero-order chi connectivity index (χ0) is 12.3. The zero-order valence-corrected chi connectivity index (χ0v) is 11.0. The van der Waals surface area contributed by atoms with Gasteiger partial charge in [-0.15, -0.1) is 0 Å². The number of rotatable bonds is 4. The number of aromatic nitrogens is 2. The predicted molar refractivity (Wildman–Crippen MR) is 65.2 cm³/mol. The highest BCUT2D eigenvalue weighted by atomic mass is 35.5. The molecule has 0 spiro atoms. The molecule has 1 aromatic rings. The second-order valence-corrected chi connectivity index (χ2v) is 4.54. The lowest BCUT2D eigenvalue weighted by atomic mass is 10.2. The third-order valence-corrected chi connectivity index (χ3v) is 3.30. The molecule has 0 aromatic carbocycles. The summed E-state index contributed by atoms with van der Waals surface area (Å²) in [5, 5.41) is 8.28. The molecule has 6 heteroatoms. The molecule has 1 aromatic heterocycles. The SMILES string of the molecule is Cc1nn(C)c(Cl)c1CNCC1COCCO1. The Bertz CT molecular complexity index is 375. The van der Waals surface area contributed by atoms with Crippen molar-refractivity contribution >= 4 is 11.6 Å². The summed E-state index contributed by atoms with van der Waals surface area (Å²) in [6.45, 7) is 5.47. The first-order valence-corrected chi connectivity index (χ1v) is 6.14. The predicted octanol–water partition coefficient (Wildman–Crippen LogP) is 0.887. The van der Waals surface area contributed by atoms with Gasteiger partial charge in [-0.2, -0.15) is 5.10 Å². The Kier molecular flexibility index (Phi) is 4.39. The first kappa shape index (κ1) is 12.8. The molecule has 1 N–H and O–H groups in total. The van der Waals surface area contributed by atoms with E-state index >= 15 is 0 Å². The van der Waals surface area contributed by atoms with Crippen LogP contribution in [0.2, 0.25) is 5.15 Å². The Labute approximate surface area is 106 Å². The molecule has 1 unspecified atom stereocenters. The van der Waals surface area contributed by atoms with Gasteiger partial charge in [0.2, 0.25) is 0 Å². The average Bonchev–Trinajstić information content (AvgIpc) is 2.57. The molecule has 0 amide bonds. The van der Waals surface area contributed by atoms with E-state index in [2.05, 4.69) is 10.4 Å². The fourth-order valence-corrected chi connectivity index (χ4v) is 2.13. The molecule has 17 heavy (non-hydrogen) atoms. The Morgan fingerprint density at radius 1 is 1.53 bits per heavy atom. The van der Waals surface area contributed by atoms with Crippen molar-refractivity contribution in [1.82, 2.24) is 15.1 Å². The maximum Gasteiger partial charge on any atom is 0.131 e. The summed E-state index contributed by atoms with van der Waals surface area (Å²) in [5.74, 6) is 0. The van der Waals surface area contributed by atoms with Crippen molar-refractivity contribution in [2.24, 2.45) is 7.05 Å². The Morgan fingerprint density at radius 3 is 2.94 bits per heavy atom. The number of halogens is 1. The molecule has 0 aliphatic carbocycles. The smallest absolute Gasteiger partial charge is 0.131 e. The van der Waals surface area contributed by atoms with Gasteiger partial charge >= 0.3 is 0 Å². The fraction of sp³-hybridized carbons (Fsp3) is 0.727. The molecule has 1 fully saturated rings. The topological polar surface area (TPSA) is 48.3 Å². The number of ether oxygens (including phenoxy) is 2. The molecule has 0 saturated carbocycles. The molecule has 1 saturated heterocycles. The van der Waals surface area contributed by atoms with Crippen molar-refractivity contribution in [2.75, 3.05) is 26.4 Å². The first-order valence-electron chi connectivity index (χ1n) is 5.76. The number of nitrogens with zero attached hydrogens (tertiary/aromatic N) is 2. The highest BCUT2D eigenvalue weighted by Crippen LogP contribution is 2.18. The van der Waals surface area contributed by atoms with Gasteiger partial charge in [-0.05, 0) is 6.92 Å². The second kappa shape index (κ2) is 5.82. The second-order valence-electron chi connectivity index (χ2n) is 4.18. The average molecular weight is 260 g/mol. The molecular formula is C11H18ClN3O2. The summed E-state index contributed by atoms with van der Waals surface area (Å²) < 4.78 is 12.6. The molecule has 1 aliphatic heterocycles. The van der Waals surface area contributed by atoms with E-state index in [9.17, 15) is 0 Å². The van der Waals surface area contributed by atoms with Crippen LogP contribution in [0, 0.1) is 6.92 Å². The number of hydrogen-bond acceptors (Lipinski definition) is 4. The van der Waals surface area contributed by atoms with Crippen LogP contribution in [0.4, 0.5) is 0 Å². The molecule has 5 nitrogen and oxygen atoms in total. The monoisotopic (exact) mass is 259 g/mol. The fourth-order valence-electron chi connectivity index (χ4n) is 1.89. The lowest BCUT2D eigenvalue weighted by Crippen LogP contribution is -2.37. The quantitative estimate of drug-likeness (QED) is 0.872. The minimum atomic E-state index is 0.138. The summed E-state index contributed by atoms with van der Waals surface area (Å²) in [7, 11) is 1.84. The third kappa shape index (κ3) is 3.19. The van der Waals surface area contributed by atoms with Gasteiger partial charge < -0.3 is 14.8 Å². The number of nitrogens with one attached hydrogen (secondary N) is 1. The van der Waals surface area contributed by atoms with Gasteiger partial charge in [0.1, 0.15) is 5.15 Å². The third-order valence-electron chi connectivity index (χ3n) is 2.83. The normalized spacial score (nSPS) is 20.8. The molecule has 0 bridgehead atoms. The van der Waals surface area contributed by atoms with Crippen LogP contribution in [-0.4, -0.2) is 42.2 Å². The van der Waals surface area contributed by atoms with Crippen LogP contribution >= 0.6 is 11.6 Å². The van der Waals surface area contributed by atoms with E-state index < -0.39 is 0 Å². The summed E-state index contributed by atoms with van der Waals surface area (Å²) in [5.41, 5.74) is 2.01. The van der Waals surface area contributed by atoms with Crippen molar-refractivity contribution in [2.45, 2.75) is 19.6 Å². The molecule has 0 radical (unpaired) electrons. The van der Waals surface area contributed by atoms with E-state index in [4.69, 9.17) is 21.1 Å². The van der Waals surface area contributed by atoms with Crippen LogP contribution in [0.1, 0.15) is 11.3 Å². The highest BCUT2D eigenvalue weighted by molar-refractivity contribution is 6.30. The van der Waals surface area contributed by atoms with E-state index in [0.717, 1.165) is 17.8 Å². The van der Waals surface area contributed by atoms with Crippen molar-refractivity contribution in [1.29, 1.82) is 0 Å². The Balaban J connectivity index is 1.81. The number of aryl methyl sites for hydroxylation is 2. The zero-order valence-electron chi connectivity index (χ0n) is 10.2. The minimum absolute atomic E-state index is 0.138. The van der Waals surface area contributed by atoms with E-state index in [0.29, 0.717) is 31.5 Å². The molecule has 2 heterocycles. The van der Waals surface area contributed by atoms with Crippen molar-refractivity contribution in [3.63, 3.8) is 0 Å². The van der Waals surface area contributed by atoms with Gasteiger partial charge in [0, 0.05) is 25.7 Å². The van der Waals surface area contributed by atoms with E-state index in [1.165, 1.54) is 0 Å².